The van der Waals surface area contributed by atoms with Crippen molar-refractivity contribution in [3.63, 3.8) is 0 Å². The first-order chi connectivity index (χ1) is 17.4. The second-order valence-electron chi connectivity index (χ2n) is 8.83. The number of rotatable bonds is 8. The monoisotopic (exact) mass is 478 g/mol. The zero-order valence-corrected chi connectivity index (χ0v) is 21.0. The van der Waals surface area contributed by atoms with Gasteiger partial charge < -0.3 is 14.6 Å². The van der Waals surface area contributed by atoms with Crippen molar-refractivity contribution in [2.45, 2.75) is 19.8 Å². The first-order valence-electron chi connectivity index (χ1n) is 11.9. The summed E-state index contributed by atoms with van der Waals surface area (Å²) in [5.41, 5.74) is 7.65. The molecule has 0 aliphatic carbocycles. The smallest absolute Gasteiger partial charge is 0.335 e. The van der Waals surface area contributed by atoms with E-state index in [1.807, 2.05) is 48.5 Å². The molecule has 0 spiro atoms. The van der Waals surface area contributed by atoms with E-state index in [2.05, 4.69) is 50.2 Å². The quantitative estimate of drug-likeness (QED) is 0.266. The Morgan fingerprint density at radius 2 is 1.03 bits per heavy atom. The van der Waals surface area contributed by atoms with E-state index in [1.165, 1.54) is 5.56 Å². The summed E-state index contributed by atoms with van der Waals surface area (Å²) in [5, 5.41) is 9.46. The summed E-state index contributed by atoms with van der Waals surface area (Å²) in [6.07, 6.45) is 0. The summed E-state index contributed by atoms with van der Waals surface area (Å²) in [7, 11) is 3.31. The number of benzene rings is 4. The van der Waals surface area contributed by atoms with Crippen molar-refractivity contribution in [1.82, 2.24) is 0 Å². The van der Waals surface area contributed by atoms with Crippen molar-refractivity contribution in [3.05, 3.63) is 130 Å². The first kappa shape index (κ1) is 24.8. The Morgan fingerprint density at radius 1 is 0.611 bits per heavy atom. The van der Waals surface area contributed by atoms with E-state index in [4.69, 9.17) is 9.47 Å². The van der Waals surface area contributed by atoms with Crippen LogP contribution >= 0.6 is 0 Å². The summed E-state index contributed by atoms with van der Waals surface area (Å²) in [4.78, 5) is 11.5. The molecular formula is C32H30O4. The van der Waals surface area contributed by atoms with Crippen molar-refractivity contribution in [2.75, 3.05) is 14.2 Å². The predicted molar refractivity (Wildman–Crippen MR) is 145 cm³/mol. The maximum absolute atomic E-state index is 11.5. The number of carbonyl (C=O) groups is 1. The van der Waals surface area contributed by atoms with Crippen LogP contribution in [0.25, 0.3) is 11.1 Å². The predicted octanol–water partition coefficient (Wildman–Crippen LogP) is 7.53. The van der Waals surface area contributed by atoms with Gasteiger partial charge in [0.2, 0.25) is 0 Å². The lowest BCUT2D eigenvalue weighted by Crippen LogP contribution is -2.03. The highest BCUT2D eigenvalue weighted by atomic mass is 16.5. The molecule has 0 radical (unpaired) electrons. The van der Waals surface area contributed by atoms with Gasteiger partial charge in [0.25, 0.3) is 0 Å². The third kappa shape index (κ3) is 5.18. The minimum atomic E-state index is -0.947. The van der Waals surface area contributed by atoms with Gasteiger partial charge in [0.05, 0.1) is 19.8 Å². The van der Waals surface area contributed by atoms with Crippen LogP contribution in [0.5, 0.6) is 11.5 Å². The van der Waals surface area contributed by atoms with Crippen molar-refractivity contribution >= 4 is 17.1 Å². The molecule has 0 bridgehead atoms. The molecule has 0 heterocycles. The molecule has 4 aromatic carbocycles. The Labute approximate surface area is 212 Å². The van der Waals surface area contributed by atoms with Crippen molar-refractivity contribution in [2.24, 2.45) is 0 Å². The molecule has 4 aromatic rings. The van der Waals surface area contributed by atoms with Gasteiger partial charge in [0.1, 0.15) is 11.5 Å². The van der Waals surface area contributed by atoms with Crippen LogP contribution in [0, 0.1) is 0 Å². The van der Waals surface area contributed by atoms with Crippen LogP contribution in [-0.4, -0.2) is 25.3 Å². The number of hydrogen-bond acceptors (Lipinski definition) is 3. The van der Waals surface area contributed by atoms with Crippen LogP contribution in [-0.2, 0) is 0 Å². The van der Waals surface area contributed by atoms with E-state index in [0.29, 0.717) is 5.92 Å². The summed E-state index contributed by atoms with van der Waals surface area (Å²) in [6, 6.07) is 31.6. The minimum absolute atomic E-state index is 0.251. The maximum atomic E-state index is 11.5. The Morgan fingerprint density at radius 3 is 1.47 bits per heavy atom. The van der Waals surface area contributed by atoms with Crippen molar-refractivity contribution in [3.8, 4) is 11.5 Å². The SMILES string of the molecule is COc1ccc(/C(=C(/c2ccc(OC)cc2)c2ccccc2C(C)C)c2ccc(C(=O)O)cc2)cc1. The summed E-state index contributed by atoms with van der Waals surface area (Å²) < 4.78 is 10.8. The molecule has 1 N–H and O–H groups in total. The zero-order valence-electron chi connectivity index (χ0n) is 21.0. The van der Waals surface area contributed by atoms with Crippen LogP contribution < -0.4 is 9.47 Å². The average molecular weight is 479 g/mol. The molecule has 0 amide bonds. The van der Waals surface area contributed by atoms with Gasteiger partial charge in [-0.15, -0.1) is 0 Å². The molecule has 4 heteroatoms. The average Bonchev–Trinajstić information content (AvgIpc) is 2.92. The van der Waals surface area contributed by atoms with Crippen LogP contribution in [0.3, 0.4) is 0 Å². The molecule has 36 heavy (non-hydrogen) atoms. The number of carboxylic acid groups (broad SMARTS) is 1. The molecule has 182 valence electrons. The Balaban J connectivity index is 2.10. The Hall–Kier alpha value is -4.31. The highest BCUT2D eigenvalue weighted by molar-refractivity contribution is 6.05. The molecule has 0 atom stereocenters. The number of carboxylic acids is 1. The fourth-order valence-electron chi connectivity index (χ4n) is 4.41. The van der Waals surface area contributed by atoms with Crippen LogP contribution in [0.4, 0.5) is 0 Å². The van der Waals surface area contributed by atoms with Gasteiger partial charge in [-0.1, -0.05) is 74.5 Å². The molecule has 4 nitrogen and oxygen atoms in total. The Bertz CT molecular complexity index is 1360. The highest BCUT2D eigenvalue weighted by Gasteiger charge is 2.20. The summed E-state index contributed by atoms with van der Waals surface area (Å²) in [6.45, 7) is 4.39. The maximum Gasteiger partial charge on any atom is 0.335 e. The number of hydrogen-bond donors (Lipinski definition) is 1. The molecule has 0 aliphatic rings. The second-order valence-corrected chi connectivity index (χ2v) is 8.83. The molecule has 4 rings (SSSR count). The van der Waals surface area contributed by atoms with Crippen LogP contribution in [0.15, 0.2) is 97.1 Å². The van der Waals surface area contributed by atoms with E-state index in [9.17, 15) is 9.90 Å². The van der Waals surface area contributed by atoms with Gasteiger partial charge in [-0.05, 0) is 81.3 Å². The lowest BCUT2D eigenvalue weighted by molar-refractivity contribution is 0.0697. The number of ether oxygens (including phenoxy) is 2. The van der Waals surface area contributed by atoms with E-state index in [-0.39, 0.29) is 5.56 Å². The van der Waals surface area contributed by atoms with Gasteiger partial charge in [-0.3, -0.25) is 0 Å². The van der Waals surface area contributed by atoms with Crippen molar-refractivity contribution < 1.29 is 19.4 Å². The van der Waals surface area contributed by atoms with Gasteiger partial charge in [-0.2, -0.15) is 0 Å². The second kappa shape index (κ2) is 11.0. The summed E-state index contributed by atoms with van der Waals surface area (Å²) in [5.74, 6) is 0.915. The topological polar surface area (TPSA) is 55.8 Å². The summed E-state index contributed by atoms with van der Waals surface area (Å²) >= 11 is 0. The van der Waals surface area contributed by atoms with Gasteiger partial charge in [-0.25, -0.2) is 4.79 Å². The molecule has 0 saturated heterocycles. The molecule has 0 saturated carbocycles. The van der Waals surface area contributed by atoms with Gasteiger partial charge in [0, 0.05) is 0 Å². The zero-order chi connectivity index (χ0) is 25.7. The molecular weight excluding hydrogens is 448 g/mol. The Kier molecular flexibility index (Phi) is 7.55. The fourth-order valence-corrected chi connectivity index (χ4v) is 4.41. The standard InChI is InChI=1S/C32H30O4/c1-21(2)28-7-5-6-8-29(28)31(24-15-19-27(36-4)20-16-24)30(23-13-17-26(35-3)18-14-23)22-9-11-25(12-10-22)32(33)34/h5-21H,1-4H3,(H,33,34)/b31-30-. The van der Waals surface area contributed by atoms with Crippen LogP contribution in [0.1, 0.15) is 57.9 Å². The van der Waals surface area contributed by atoms with E-state index in [0.717, 1.165) is 44.9 Å². The minimum Gasteiger partial charge on any atom is -0.497 e. The number of aromatic carboxylic acids is 1. The van der Waals surface area contributed by atoms with E-state index < -0.39 is 5.97 Å². The molecule has 0 aromatic heterocycles. The van der Waals surface area contributed by atoms with Gasteiger partial charge in [0.15, 0.2) is 0 Å². The molecule has 0 aliphatic heterocycles. The van der Waals surface area contributed by atoms with Crippen molar-refractivity contribution in [1.29, 1.82) is 0 Å². The fraction of sp³-hybridized carbons (Fsp3) is 0.156. The third-order valence-electron chi connectivity index (χ3n) is 6.28. The third-order valence-corrected chi connectivity index (χ3v) is 6.28. The number of methoxy groups -OCH3 is 2. The van der Waals surface area contributed by atoms with Gasteiger partial charge >= 0.3 is 5.97 Å². The lowest BCUT2D eigenvalue weighted by Gasteiger charge is -2.22. The lowest BCUT2D eigenvalue weighted by atomic mass is 9.82. The normalized spacial score (nSPS) is 11.7. The van der Waals surface area contributed by atoms with E-state index in [1.54, 1.807) is 26.4 Å². The first-order valence-corrected chi connectivity index (χ1v) is 11.9. The van der Waals surface area contributed by atoms with Crippen LogP contribution in [0.2, 0.25) is 0 Å². The molecule has 0 fully saturated rings. The largest absolute Gasteiger partial charge is 0.497 e. The van der Waals surface area contributed by atoms with E-state index >= 15 is 0 Å². The highest BCUT2D eigenvalue weighted by Crippen LogP contribution is 2.40. The molecule has 0 unspecified atom stereocenters.